The second-order valence-corrected chi connectivity index (χ2v) is 7.10. The molecule has 0 atom stereocenters. The number of nitrogens with one attached hydrogen (secondary N) is 1. The number of rotatable bonds is 4. The number of benzene rings is 3. The van der Waals surface area contributed by atoms with Gasteiger partial charge in [0.15, 0.2) is 5.82 Å². The normalized spacial score (nSPS) is 10.5. The van der Waals surface area contributed by atoms with Crippen LogP contribution in [0.5, 0.6) is 5.75 Å². The van der Waals surface area contributed by atoms with Gasteiger partial charge in [-0.3, -0.25) is 30.3 Å². The number of para-hydroxylation sites is 3. The van der Waals surface area contributed by atoms with Gasteiger partial charge in [0.25, 0.3) is 11.4 Å². The summed E-state index contributed by atoms with van der Waals surface area (Å²) in [5, 5.41) is 41.4. The third-order valence-electron chi connectivity index (χ3n) is 4.89. The number of phenolic OH excluding ortho intramolecular Hbond substituents is 1. The standard InChI is InChI=1S/C16H11N3.C6H3N3O7/c1-2-6-12-11(5-1)9-10-15(17-12)16-18-13-7-3-4-8-14(13)19-16;10-6-4(8(13)14)1-3(7(11)12)2-5(6)9(15)16/h1-10H,(H,18,19);1-2,10H. The van der Waals surface area contributed by atoms with Crippen molar-refractivity contribution in [1.29, 1.82) is 0 Å². The molecule has 0 aliphatic heterocycles. The zero-order valence-corrected chi connectivity index (χ0v) is 17.6. The van der Waals surface area contributed by atoms with Gasteiger partial charge in [0.1, 0.15) is 5.69 Å². The van der Waals surface area contributed by atoms with Crippen LogP contribution in [0.2, 0.25) is 0 Å². The summed E-state index contributed by atoms with van der Waals surface area (Å²) in [5.74, 6) is -0.396. The first-order valence-electron chi connectivity index (χ1n) is 9.85. The van der Waals surface area contributed by atoms with Gasteiger partial charge in [-0.25, -0.2) is 9.97 Å². The summed E-state index contributed by atoms with van der Waals surface area (Å²) in [6, 6.07) is 21.1. The number of non-ortho nitro benzene ring substituents is 1. The lowest BCUT2D eigenvalue weighted by Crippen LogP contribution is -1.97. The summed E-state index contributed by atoms with van der Waals surface area (Å²) < 4.78 is 0. The van der Waals surface area contributed by atoms with Gasteiger partial charge in [0.05, 0.1) is 43.5 Å². The van der Waals surface area contributed by atoms with Gasteiger partial charge in [0.2, 0.25) is 0 Å². The molecule has 2 N–H and O–H groups in total. The molecule has 0 saturated heterocycles. The Balaban J connectivity index is 0.000000168. The highest BCUT2D eigenvalue weighted by atomic mass is 16.6. The molecule has 5 rings (SSSR count). The van der Waals surface area contributed by atoms with E-state index < -0.39 is 37.6 Å². The zero-order valence-electron chi connectivity index (χ0n) is 17.6. The Morgan fingerprint density at radius 2 is 1.31 bits per heavy atom. The number of nitro benzene ring substituents is 3. The molecule has 0 aliphatic carbocycles. The molecule has 0 spiro atoms. The molecule has 3 aromatic carbocycles. The summed E-state index contributed by atoms with van der Waals surface area (Å²) >= 11 is 0. The van der Waals surface area contributed by atoms with Gasteiger partial charge in [-0.2, -0.15) is 0 Å². The molecule has 2 heterocycles. The first kappa shape index (κ1) is 22.7. The molecule has 0 bridgehead atoms. The number of aromatic hydroxyl groups is 1. The highest BCUT2D eigenvalue weighted by Crippen LogP contribution is 2.39. The largest absolute Gasteiger partial charge is 0.497 e. The number of aromatic nitrogens is 3. The molecule has 13 heteroatoms. The molecule has 174 valence electrons. The van der Waals surface area contributed by atoms with Crippen LogP contribution < -0.4 is 0 Å². The van der Waals surface area contributed by atoms with E-state index in [1.165, 1.54) is 0 Å². The van der Waals surface area contributed by atoms with Crippen molar-refractivity contribution in [3.8, 4) is 17.3 Å². The molecule has 0 unspecified atom stereocenters. The van der Waals surface area contributed by atoms with Gasteiger partial charge in [-0.1, -0.05) is 36.4 Å². The molecule has 5 aromatic rings. The minimum atomic E-state index is -1.21. The number of H-pyrrole nitrogens is 1. The summed E-state index contributed by atoms with van der Waals surface area (Å²) in [5.41, 5.74) is 0.855. The van der Waals surface area contributed by atoms with Crippen LogP contribution in [-0.2, 0) is 0 Å². The van der Waals surface area contributed by atoms with Gasteiger partial charge >= 0.3 is 11.4 Å². The SMILES string of the molecule is O=[N+]([O-])c1cc([N+](=O)[O-])c(O)c([N+](=O)[O-])c1.c1ccc2nc(-c3nc4ccccc4[nH]3)ccc2c1. The topological polar surface area (TPSA) is 191 Å². The lowest BCUT2D eigenvalue weighted by molar-refractivity contribution is -0.404. The van der Waals surface area contributed by atoms with E-state index in [4.69, 9.17) is 5.11 Å². The number of phenols is 1. The molecule has 2 aromatic heterocycles. The Bertz CT molecular complexity index is 1550. The van der Waals surface area contributed by atoms with Crippen molar-refractivity contribution in [3.05, 3.63) is 103 Å². The third kappa shape index (κ3) is 4.68. The predicted octanol–water partition coefficient (Wildman–Crippen LogP) is 4.89. The van der Waals surface area contributed by atoms with Crippen LogP contribution in [0.25, 0.3) is 33.5 Å². The molecule has 13 nitrogen and oxygen atoms in total. The fourth-order valence-electron chi connectivity index (χ4n) is 3.25. The minimum Gasteiger partial charge on any atom is -0.497 e. The van der Waals surface area contributed by atoms with Crippen molar-refractivity contribution in [3.63, 3.8) is 0 Å². The summed E-state index contributed by atoms with van der Waals surface area (Å²) in [4.78, 5) is 40.3. The van der Waals surface area contributed by atoms with Gasteiger partial charge in [-0.15, -0.1) is 0 Å². The molecule has 35 heavy (non-hydrogen) atoms. The Morgan fingerprint density at radius 3 is 1.91 bits per heavy atom. The van der Waals surface area contributed by atoms with Crippen molar-refractivity contribution in [2.75, 3.05) is 0 Å². The quantitative estimate of drug-likeness (QED) is 0.269. The van der Waals surface area contributed by atoms with Crippen LogP contribution >= 0.6 is 0 Å². The Morgan fingerprint density at radius 1 is 0.714 bits per heavy atom. The summed E-state index contributed by atoms with van der Waals surface area (Å²) in [7, 11) is 0. The van der Waals surface area contributed by atoms with Crippen molar-refractivity contribution in [2.24, 2.45) is 0 Å². The maximum absolute atomic E-state index is 10.4. The van der Waals surface area contributed by atoms with Crippen molar-refractivity contribution in [1.82, 2.24) is 15.0 Å². The van der Waals surface area contributed by atoms with Crippen LogP contribution in [0, 0.1) is 30.3 Å². The van der Waals surface area contributed by atoms with Gasteiger partial charge in [-0.05, 0) is 24.3 Å². The number of fused-ring (bicyclic) bond motifs is 2. The molecule has 0 radical (unpaired) electrons. The fraction of sp³-hybridized carbons (Fsp3) is 0. The fourth-order valence-corrected chi connectivity index (χ4v) is 3.25. The number of nitro groups is 3. The zero-order chi connectivity index (χ0) is 25.1. The molecule has 0 aliphatic rings. The van der Waals surface area contributed by atoms with E-state index >= 15 is 0 Å². The third-order valence-corrected chi connectivity index (χ3v) is 4.89. The highest BCUT2D eigenvalue weighted by molar-refractivity contribution is 5.83. The summed E-state index contributed by atoms with van der Waals surface area (Å²) in [6.45, 7) is 0. The van der Waals surface area contributed by atoms with Gasteiger partial charge < -0.3 is 10.1 Å². The second-order valence-electron chi connectivity index (χ2n) is 7.10. The second kappa shape index (κ2) is 9.19. The molecular weight excluding hydrogens is 460 g/mol. The molecule has 0 saturated carbocycles. The van der Waals surface area contributed by atoms with E-state index in [2.05, 4.69) is 27.1 Å². The van der Waals surface area contributed by atoms with Crippen LogP contribution in [-0.4, -0.2) is 34.8 Å². The van der Waals surface area contributed by atoms with Crippen molar-refractivity contribution >= 4 is 39.0 Å². The predicted molar refractivity (Wildman–Crippen MR) is 125 cm³/mol. The maximum atomic E-state index is 10.4. The number of hydrogen-bond donors (Lipinski definition) is 2. The average Bonchev–Trinajstić information content (AvgIpc) is 3.28. The Labute approximate surface area is 194 Å². The Kier molecular flexibility index (Phi) is 5.96. The highest BCUT2D eigenvalue weighted by Gasteiger charge is 2.30. The molecular formula is C22H14N6O7. The van der Waals surface area contributed by atoms with E-state index in [1.807, 2.05) is 48.5 Å². The van der Waals surface area contributed by atoms with E-state index in [-0.39, 0.29) is 0 Å². The lowest BCUT2D eigenvalue weighted by atomic mass is 10.2. The van der Waals surface area contributed by atoms with Crippen LogP contribution in [0.1, 0.15) is 0 Å². The number of hydrogen-bond acceptors (Lipinski definition) is 9. The molecule has 0 amide bonds. The van der Waals surface area contributed by atoms with Gasteiger partial charge in [0, 0.05) is 5.39 Å². The van der Waals surface area contributed by atoms with Crippen LogP contribution in [0.4, 0.5) is 17.1 Å². The number of nitrogens with zero attached hydrogens (tertiary/aromatic N) is 5. The lowest BCUT2D eigenvalue weighted by Gasteiger charge is -1.99. The van der Waals surface area contributed by atoms with Crippen molar-refractivity contribution < 1.29 is 19.9 Å². The smallest absolute Gasteiger partial charge is 0.324 e. The molecule has 0 fully saturated rings. The summed E-state index contributed by atoms with van der Waals surface area (Å²) in [6.07, 6.45) is 0. The van der Waals surface area contributed by atoms with E-state index in [1.54, 1.807) is 0 Å². The van der Waals surface area contributed by atoms with Crippen LogP contribution in [0.15, 0.2) is 72.8 Å². The van der Waals surface area contributed by atoms with E-state index in [0.717, 1.165) is 33.5 Å². The minimum absolute atomic E-state index is 0.447. The first-order chi connectivity index (χ1) is 16.7. The monoisotopic (exact) mass is 474 g/mol. The van der Waals surface area contributed by atoms with Crippen molar-refractivity contribution in [2.45, 2.75) is 0 Å². The maximum Gasteiger partial charge on any atom is 0.324 e. The van der Waals surface area contributed by atoms with E-state index in [0.29, 0.717) is 12.1 Å². The first-order valence-corrected chi connectivity index (χ1v) is 9.85. The number of aromatic amines is 1. The number of pyridine rings is 1. The van der Waals surface area contributed by atoms with E-state index in [9.17, 15) is 30.3 Å². The number of imidazole rings is 1. The van der Waals surface area contributed by atoms with Crippen LogP contribution in [0.3, 0.4) is 0 Å². The average molecular weight is 474 g/mol. The Hall–Kier alpha value is -5.46.